The van der Waals surface area contributed by atoms with E-state index in [1.807, 2.05) is 36.1 Å². The molecule has 1 saturated heterocycles. The van der Waals surface area contributed by atoms with Gasteiger partial charge < -0.3 is 10.2 Å². The summed E-state index contributed by atoms with van der Waals surface area (Å²) in [6.07, 6.45) is 0. The lowest BCUT2D eigenvalue weighted by atomic mass is 10.1. The van der Waals surface area contributed by atoms with Gasteiger partial charge in [-0.2, -0.15) is 0 Å². The average Bonchev–Trinajstić information content (AvgIpc) is 3.00. The minimum Gasteiger partial charge on any atom is -0.308 e. The molecule has 0 bridgehead atoms. The fourth-order valence-corrected chi connectivity index (χ4v) is 4.52. The third-order valence-electron chi connectivity index (χ3n) is 4.14. The highest BCUT2D eigenvalue weighted by Crippen LogP contribution is 2.41. The molecule has 2 aromatic rings. The number of anilines is 1. The fourth-order valence-electron chi connectivity index (χ4n) is 2.65. The minimum absolute atomic E-state index is 0.0960. The van der Waals surface area contributed by atoms with Crippen molar-refractivity contribution in [2.75, 3.05) is 17.6 Å². The Morgan fingerprint density at radius 3 is 2.67 bits per heavy atom. The van der Waals surface area contributed by atoms with Crippen LogP contribution in [0.5, 0.6) is 0 Å². The first-order valence-corrected chi connectivity index (χ1v) is 9.47. The van der Waals surface area contributed by atoms with Crippen LogP contribution in [0.1, 0.15) is 22.1 Å². The van der Waals surface area contributed by atoms with Gasteiger partial charge in [0.1, 0.15) is 5.37 Å². The first kappa shape index (κ1) is 17.5. The van der Waals surface area contributed by atoms with Crippen LogP contribution in [0.15, 0.2) is 36.4 Å². The minimum atomic E-state index is -0.112. The smallest absolute Gasteiger partial charge is 0.308 e. The van der Waals surface area contributed by atoms with Crippen molar-refractivity contribution in [1.82, 2.24) is 4.90 Å². The van der Waals surface area contributed by atoms with Crippen LogP contribution in [0.4, 0.5) is 10.5 Å². The molecule has 1 aliphatic heterocycles. The first-order valence-electron chi connectivity index (χ1n) is 7.67. The van der Waals surface area contributed by atoms with E-state index in [4.69, 9.17) is 23.2 Å². The molecule has 0 aliphatic carbocycles. The molecule has 1 fully saturated rings. The van der Waals surface area contributed by atoms with Gasteiger partial charge in [-0.1, -0.05) is 35.3 Å². The van der Waals surface area contributed by atoms with Crippen molar-refractivity contribution in [1.29, 1.82) is 0 Å². The van der Waals surface area contributed by atoms with E-state index < -0.39 is 0 Å². The second kappa shape index (κ2) is 7.26. The lowest BCUT2D eigenvalue weighted by Gasteiger charge is -2.25. The number of nitrogens with one attached hydrogen (secondary N) is 1. The summed E-state index contributed by atoms with van der Waals surface area (Å²) in [5.74, 6) is 0.879. The summed E-state index contributed by atoms with van der Waals surface area (Å²) in [7, 11) is 0. The largest absolute Gasteiger partial charge is 0.323 e. The van der Waals surface area contributed by atoms with E-state index >= 15 is 0 Å². The summed E-state index contributed by atoms with van der Waals surface area (Å²) in [4.78, 5) is 14.5. The highest BCUT2D eigenvalue weighted by atomic mass is 35.5. The van der Waals surface area contributed by atoms with E-state index in [0.717, 1.165) is 22.6 Å². The molecule has 126 valence electrons. The number of urea groups is 1. The van der Waals surface area contributed by atoms with E-state index in [-0.39, 0.29) is 11.4 Å². The molecule has 0 aromatic heterocycles. The fraction of sp³-hybridized carbons (Fsp3) is 0.278. The molecule has 1 aliphatic rings. The van der Waals surface area contributed by atoms with Gasteiger partial charge in [-0.25, -0.2) is 4.79 Å². The molecule has 1 N–H and O–H groups in total. The molecule has 24 heavy (non-hydrogen) atoms. The van der Waals surface area contributed by atoms with E-state index in [1.165, 1.54) is 5.56 Å². The number of hydrogen-bond acceptors (Lipinski definition) is 2. The van der Waals surface area contributed by atoms with Crippen LogP contribution in [0.25, 0.3) is 0 Å². The molecule has 0 spiro atoms. The molecule has 2 amide bonds. The van der Waals surface area contributed by atoms with Gasteiger partial charge >= 0.3 is 6.03 Å². The van der Waals surface area contributed by atoms with Gasteiger partial charge in [-0.05, 0) is 49.2 Å². The number of benzene rings is 2. The van der Waals surface area contributed by atoms with Gasteiger partial charge in [0.15, 0.2) is 0 Å². The number of rotatable bonds is 2. The second-order valence-electron chi connectivity index (χ2n) is 5.81. The molecule has 1 heterocycles. The summed E-state index contributed by atoms with van der Waals surface area (Å²) in [6.45, 7) is 4.77. The van der Waals surface area contributed by atoms with Crippen molar-refractivity contribution >= 4 is 46.7 Å². The molecule has 0 radical (unpaired) electrons. The molecule has 6 heteroatoms. The maximum Gasteiger partial charge on any atom is 0.323 e. The lowest BCUT2D eigenvalue weighted by Crippen LogP contribution is -2.34. The maximum atomic E-state index is 12.7. The third kappa shape index (κ3) is 3.66. The lowest BCUT2D eigenvalue weighted by molar-refractivity contribution is 0.214. The number of carbonyl (C=O) groups is 1. The van der Waals surface area contributed by atoms with Gasteiger partial charge in [0.25, 0.3) is 0 Å². The summed E-state index contributed by atoms with van der Waals surface area (Å²) >= 11 is 14.0. The van der Waals surface area contributed by atoms with Gasteiger partial charge in [0.05, 0.1) is 0 Å². The topological polar surface area (TPSA) is 32.3 Å². The van der Waals surface area contributed by atoms with Crippen LogP contribution in [-0.2, 0) is 0 Å². The van der Waals surface area contributed by atoms with Crippen LogP contribution < -0.4 is 5.32 Å². The molecule has 1 atom stereocenters. The summed E-state index contributed by atoms with van der Waals surface area (Å²) < 4.78 is 0. The second-order valence-corrected chi connectivity index (χ2v) is 7.84. The first-order chi connectivity index (χ1) is 11.5. The normalized spacial score (nSPS) is 17.2. The van der Waals surface area contributed by atoms with Crippen LogP contribution in [0, 0.1) is 13.8 Å². The quantitative estimate of drug-likeness (QED) is 0.704. The van der Waals surface area contributed by atoms with Gasteiger partial charge in [-0.3, -0.25) is 0 Å². The number of carbonyl (C=O) groups excluding carboxylic acids is 1. The molecule has 0 saturated carbocycles. The SMILES string of the molecule is Cc1ccc(NC(=O)N2CCSC2c2ccc(Cl)cc2Cl)cc1C. The van der Waals surface area contributed by atoms with Crippen LogP contribution >= 0.6 is 35.0 Å². The van der Waals surface area contributed by atoms with Crippen molar-refractivity contribution in [2.24, 2.45) is 0 Å². The number of hydrogen-bond donors (Lipinski definition) is 1. The van der Waals surface area contributed by atoms with Crippen molar-refractivity contribution in [3.05, 3.63) is 63.1 Å². The Kier molecular flexibility index (Phi) is 5.28. The highest BCUT2D eigenvalue weighted by Gasteiger charge is 2.32. The molecule has 3 rings (SSSR count). The van der Waals surface area contributed by atoms with Crippen LogP contribution in [-0.4, -0.2) is 23.2 Å². The van der Waals surface area contributed by atoms with Gasteiger partial charge in [0.2, 0.25) is 0 Å². The predicted octanol–water partition coefficient (Wildman–Crippen LogP) is 5.89. The van der Waals surface area contributed by atoms with Crippen LogP contribution in [0.2, 0.25) is 10.0 Å². The van der Waals surface area contributed by atoms with Crippen LogP contribution in [0.3, 0.4) is 0 Å². The summed E-state index contributed by atoms with van der Waals surface area (Å²) in [5.41, 5.74) is 4.08. The monoisotopic (exact) mass is 380 g/mol. The van der Waals surface area contributed by atoms with Crippen molar-refractivity contribution in [3.63, 3.8) is 0 Å². The van der Waals surface area contributed by atoms with Gasteiger partial charge in [-0.15, -0.1) is 11.8 Å². The summed E-state index contributed by atoms with van der Waals surface area (Å²) in [6, 6.07) is 11.2. The summed E-state index contributed by atoms with van der Waals surface area (Å²) in [5, 5.41) is 4.08. The molecule has 1 unspecified atom stereocenters. The number of amides is 2. The number of nitrogens with zero attached hydrogens (tertiary/aromatic N) is 1. The molecule has 3 nitrogen and oxygen atoms in total. The zero-order valence-corrected chi connectivity index (χ0v) is 15.8. The number of halogens is 2. The number of aryl methyl sites for hydroxylation is 2. The zero-order chi connectivity index (χ0) is 17.3. The Hall–Kier alpha value is -1.36. The Morgan fingerprint density at radius 1 is 1.17 bits per heavy atom. The van der Waals surface area contributed by atoms with Crippen molar-refractivity contribution in [3.8, 4) is 0 Å². The Labute approximate surface area is 156 Å². The standard InChI is InChI=1S/C18H18Cl2N2OS/c1-11-3-5-14(9-12(11)2)21-18(23)22-7-8-24-17(22)15-6-4-13(19)10-16(15)20/h3-6,9-10,17H,7-8H2,1-2H3,(H,21,23). The molecule has 2 aromatic carbocycles. The Bertz CT molecular complexity index is 782. The maximum absolute atomic E-state index is 12.7. The molecular formula is C18H18Cl2N2OS. The van der Waals surface area contributed by atoms with E-state index in [1.54, 1.807) is 23.9 Å². The predicted molar refractivity (Wildman–Crippen MR) is 103 cm³/mol. The Balaban J connectivity index is 1.79. The Morgan fingerprint density at radius 2 is 1.96 bits per heavy atom. The third-order valence-corrected chi connectivity index (χ3v) is 5.94. The van der Waals surface area contributed by atoms with Gasteiger partial charge in [0, 0.05) is 33.6 Å². The van der Waals surface area contributed by atoms with E-state index in [9.17, 15) is 4.79 Å². The highest BCUT2D eigenvalue weighted by molar-refractivity contribution is 7.99. The van der Waals surface area contributed by atoms with E-state index in [0.29, 0.717) is 16.6 Å². The van der Waals surface area contributed by atoms with Crippen molar-refractivity contribution < 1.29 is 4.79 Å². The zero-order valence-electron chi connectivity index (χ0n) is 13.5. The molecular weight excluding hydrogens is 363 g/mol. The van der Waals surface area contributed by atoms with E-state index in [2.05, 4.69) is 12.2 Å². The van der Waals surface area contributed by atoms with Crippen molar-refractivity contribution in [2.45, 2.75) is 19.2 Å². The average molecular weight is 381 g/mol. The number of thioether (sulfide) groups is 1.